The summed E-state index contributed by atoms with van der Waals surface area (Å²) in [7, 11) is -0.0940. The maximum Gasteiger partial charge on any atom is 0.229 e. The summed E-state index contributed by atoms with van der Waals surface area (Å²) < 4.78 is 21.3. The molecule has 1 aliphatic carbocycles. The number of thiazole rings is 1. The van der Waals surface area contributed by atoms with Crippen molar-refractivity contribution in [3.63, 3.8) is 0 Å². The van der Waals surface area contributed by atoms with Crippen LogP contribution in [0.1, 0.15) is 31.4 Å². The second-order valence-corrected chi connectivity index (χ2v) is 9.87. The summed E-state index contributed by atoms with van der Waals surface area (Å²) in [5, 5.41) is 13.2. The van der Waals surface area contributed by atoms with Crippen LogP contribution in [0.15, 0.2) is 47.4 Å². The number of phenolic OH excluding ortho intramolecular Hbond substituents is 1. The van der Waals surface area contributed by atoms with E-state index in [9.17, 15) is 14.1 Å². The van der Waals surface area contributed by atoms with Crippen molar-refractivity contribution in [2.75, 3.05) is 17.1 Å². The number of aromatic nitrogens is 1. The van der Waals surface area contributed by atoms with Crippen molar-refractivity contribution >= 4 is 39.0 Å². The number of rotatable bonds is 7. The molecule has 1 unspecified atom stereocenters. The van der Waals surface area contributed by atoms with E-state index in [4.69, 9.17) is 4.74 Å². The van der Waals surface area contributed by atoms with Gasteiger partial charge >= 0.3 is 0 Å². The lowest BCUT2D eigenvalue weighted by molar-refractivity contribution is -0.119. The van der Waals surface area contributed by atoms with Crippen LogP contribution < -0.4 is 14.8 Å². The van der Waals surface area contributed by atoms with E-state index in [0.717, 1.165) is 41.8 Å². The van der Waals surface area contributed by atoms with E-state index in [-0.39, 0.29) is 17.6 Å². The normalized spacial score (nSPS) is 14.8. The van der Waals surface area contributed by atoms with Crippen LogP contribution in [0.2, 0.25) is 0 Å². The molecule has 4 rings (SSSR count). The molecule has 1 aliphatic rings. The molecule has 2 aromatic carbocycles. The Morgan fingerprint density at radius 2 is 2.00 bits per heavy atom. The SMILES string of the molecule is COc1ccc(-c2sc(NC(=O)C3CCCC3)nc2C)cc1S(=O)Nc1cccc(O)c1. The van der Waals surface area contributed by atoms with Crippen LogP contribution in [0, 0.1) is 12.8 Å². The Morgan fingerprint density at radius 3 is 2.72 bits per heavy atom. The Kier molecular flexibility index (Phi) is 6.76. The molecule has 0 aliphatic heterocycles. The second kappa shape index (κ2) is 9.70. The summed E-state index contributed by atoms with van der Waals surface area (Å²) in [6.45, 7) is 1.89. The van der Waals surface area contributed by atoms with Crippen molar-refractivity contribution in [3.8, 4) is 21.9 Å². The van der Waals surface area contributed by atoms with Crippen LogP contribution in [0.3, 0.4) is 0 Å². The molecule has 1 aromatic heterocycles. The van der Waals surface area contributed by atoms with Gasteiger partial charge in [-0.25, -0.2) is 9.19 Å². The molecule has 3 N–H and O–H groups in total. The summed E-state index contributed by atoms with van der Waals surface area (Å²) in [5.74, 6) is 0.674. The van der Waals surface area contributed by atoms with Crippen molar-refractivity contribution in [1.82, 2.24) is 4.98 Å². The lowest BCUT2D eigenvalue weighted by Gasteiger charge is -2.12. The number of nitrogens with zero attached hydrogens (tertiary/aromatic N) is 1. The smallest absolute Gasteiger partial charge is 0.229 e. The van der Waals surface area contributed by atoms with E-state index in [1.807, 2.05) is 13.0 Å². The van der Waals surface area contributed by atoms with E-state index in [0.29, 0.717) is 21.5 Å². The number of carbonyl (C=O) groups excluding carboxylic acids is 1. The number of anilines is 2. The minimum absolute atomic E-state index is 0.0367. The van der Waals surface area contributed by atoms with Gasteiger partial charge in [-0.2, -0.15) is 0 Å². The van der Waals surface area contributed by atoms with Crippen LogP contribution in [-0.2, 0) is 15.8 Å². The zero-order chi connectivity index (χ0) is 22.7. The first kappa shape index (κ1) is 22.3. The largest absolute Gasteiger partial charge is 0.508 e. The predicted molar refractivity (Wildman–Crippen MR) is 128 cm³/mol. The molecule has 1 amide bonds. The van der Waals surface area contributed by atoms with Gasteiger partial charge in [-0.1, -0.05) is 30.2 Å². The molecule has 0 spiro atoms. The maximum atomic E-state index is 13.0. The minimum atomic E-state index is -1.62. The molecule has 9 heteroatoms. The number of aromatic hydroxyl groups is 1. The molecule has 3 aromatic rings. The Balaban J connectivity index is 1.58. The van der Waals surface area contributed by atoms with E-state index < -0.39 is 11.0 Å². The highest BCUT2D eigenvalue weighted by atomic mass is 32.2. The highest BCUT2D eigenvalue weighted by Crippen LogP contribution is 2.37. The number of nitrogens with one attached hydrogen (secondary N) is 2. The van der Waals surface area contributed by atoms with Crippen molar-refractivity contribution in [2.24, 2.45) is 5.92 Å². The Bertz CT molecular complexity index is 1160. The summed E-state index contributed by atoms with van der Waals surface area (Å²) >= 11 is 1.40. The lowest BCUT2D eigenvalue weighted by atomic mass is 10.1. The Labute approximate surface area is 193 Å². The standard InChI is InChI=1S/C23H25N3O4S2/c1-14-21(31-23(24-14)25-22(28)15-6-3-4-7-15)16-10-11-19(30-2)20(12-16)32(29)26-17-8-5-9-18(27)13-17/h5,8-13,15,26-27H,3-4,6-7H2,1-2H3,(H,24,25,28). The molecular formula is C23H25N3O4S2. The molecule has 1 saturated carbocycles. The number of aryl methyl sites for hydroxylation is 1. The van der Waals surface area contributed by atoms with Gasteiger partial charge in [0.2, 0.25) is 5.91 Å². The average Bonchev–Trinajstić information content (AvgIpc) is 3.43. The number of amides is 1. The van der Waals surface area contributed by atoms with E-state index in [1.165, 1.54) is 24.5 Å². The van der Waals surface area contributed by atoms with Gasteiger partial charge in [0.1, 0.15) is 16.4 Å². The molecule has 0 saturated heterocycles. The third-order valence-electron chi connectivity index (χ3n) is 5.43. The summed E-state index contributed by atoms with van der Waals surface area (Å²) in [4.78, 5) is 18.4. The topological polar surface area (TPSA) is 101 Å². The number of hydrogen-bond donors (Lipinski definition) is 3. The maximum absolute atomic E-state index is 13.0. The van der Waals surface area contributed by atoms with Crippen LogP contribution in [0.4, 0.5) is 10.8 Å². The Morgan fingerprint density at radius 1 is 1.22 bits per heavy atom. The van der Waals surface area contributed by atoms with E-state index in [1.54, 1.807) is 30.3 Å². The Hall–Kier alpha value is -2.91. The quantitative estimate of drug-likeness (QED) is 0.445. The number of methoxy groups -OCH3 is 1. The number of phenols is 1. The fourth-order valence-corrected chi connectivity index (χ4v) is 5.79. The fraction of sp³-hybridized carbons (Fsp3) is 0.304. The van der Waals surface area contributed by atoms with Gasteiger partial charge in [0.25, 0.3) is 0 Å². The molecule has 32 heavy (non-hydrogen) atoms. The third kappa shape index (κ3) is 4.94. The number of benzene rings is 2. The first-order chi connectivity index (χ1) is 15.4. The van der Waals surface area contributed by atoms with Crippen LogP contribution in [0.25, 0.3) is 10.4 Å². The molecular weight excluding hydrogens is 446 g/mol. The first-order valence-electron chi connectivity index (χ1n) is 10.4. The zero-order valence-corrected chi connectivity index (χ0v) is 19.5. The second-order valence-electron chi connectivity index (χ2n) is 7.69. The highest BCUT2D eigenvalue weighted by molar-refractivity contribution is 7.86. The average molecular weight is 472 g/mol. The first-order valence-corrected chi connectivity index (χ1v) is 12.4. The van der Waals surface area contributed by atoms with Crippen molar-refractivity contribution in [1.29, 1.82) is 0 Å². The van der Waals surface area contributed by atoms with Gasteiger partial charge in [0.15, 0.2) is 16.1 Å². The zero-order valence-electron chi connectivity index (χ0n) is 17.9. The van der Waals surface area contributed by atoms with Gasteiger partial charge in [-0.15, -0.1) is 0 Å². The molecule has 168 valence electrons. The monoisotopic (exact) mass is 471 g/mol. The molecule has 0 radical (unpaired) electrons. The summed E-state index contributed by atoms with van der Waals surface area (Å²) in [6, 6.07) is 11.9. The molecule has 1 heterocycles. The summed E-state index contributed by atoms with van der Waals surface area (Å²) in [6.07, 6.45) is 4.07. The van der Waals surface area contributed by atoms with Crippen LogP contribution in [-0.4, -0.2) is 27.3 Å². The predicted octanol–water partition coefficient (Wildman–Crippen LogP) is 5.10. The van der Waals surface area contributed by atoms with E-state index in [2.05, 4.69) is 15.0 Å². The lowest BCUT2D eigenvalue weighted by Crippen LogP contribution is -2.20. The van der Waals surface area contributed by atoms with Gasteiger partial charge in [-0.3, -0.25) is 4.79 Å². The number of hydrogen-bond acceptors (Lipinski definition) is 6. The fourth-order valence-electron chi connectivity index (χ4n) is 3.81. The van der Waals surface area contributed by atoms with Crippen molar-refractivity contribution in [2.45, 2.75) is 37.5 Å². The summed E-state index contributed by atoms with van der Waals surface area (Å²) in [5.41, 5.74) is 2.16. The minimum Gasteiger partial charge on any atom is -0.508 e. The number of carbonyl (C=O) groups is 1. The number of ether oxygens (including phenoxy) is 1. The molecule has 1 fully saturated rings. The highest BCUT2D eigenvalue weighted by Gasteiger charge is 2.24. The van der Waals surface area contributed by atoms with Crippen molar-refractivity contribution in [3.05, 3.63) is 48.2 Å². The van der Waals surface area contributed by atoms with Gasteiger partial charge in [0, 0.05) is 12.0 Å². The molecule has 1 atom stereocenters. The van der Waals surface area contributed by atoms with Gasteiger partial charge < -0.3 is 19.9 Å². The van der Waals surface area contributed by atoms with Crippen LogP contribution >= 0.6 is 11.3 Å². The van der Waals surface area contributed by atoms with Gasteiger partial charge in [0.05, 0.1) is 23.4 Å². The van der Waals surface area contributed by atoms with E-state index >= 15 is 0 Å². The molecule has 7 nitrogen and oxygen atoms in total. The van der Waals surface area contributed by atoms with Gasteiger partial charge in [-0.05, 0) is 55.7 Å². The third-order valence-corrected chi connectivity index (χ3v) is 7.70. The van der Waals surface area contributed by atoms with Crippen molar-refractivity contribution < 1.29 is 18.8 Å². The van der Waals surface area contributed by atoms with Crippen LogP contribution in [0.5, 0.6) is 11.5 Å². The molecule has 0 bridgehead atoms.